The molecule has 0 unspecified atom stereocenters. The molecule has 9 heteroatoms. The Morgan fingerprint density at radius 2 is 2.00 bits per heavy atom. The number of fused-ring (bicyclic) bond motifs is 1. The predicted molar refractivity (Wildman–Crippen MR) is 97.9 cm³/mol. The molecule has 25 heavy (non-hydrogen) atoms. The number of nitrogens with one attached hydrogen (secondary N) is 1. The maximum Gasteiger partial charge on any atom is 0.227 e. The molecule has 0 amide bonds. The molecule has 1 aromatic rings. The molecule has 0 aliphatic carbocycles. The van der Waals surface area contributed by atoms with Crippen molar-refractivity contribution < 1.29 is 8.42 Å². The van der Waals surface area contributed by atoms with Gasteiger partial charge in [0.1, 0.15) is 5.82 Å². The number of aromatic nitrogens is 2. The average molecular weight is 366 g/mol. The number of nitrogens with zero attached hydrogens (tertiary/aromatic N) is 5. The van der Waals surface area contributed by atoms with Gasteiger partial charge in [0.25, 0.3) is 0 Å². The molecule has 3 aliphatic rings. The third kappa shape index (κ3) is 3.45. The third-order valence-corrected chi connectivity index (χ3v) is 7.22. The van der Waals surface area contributed by atoms with Crippen LogP contribution in [0.5, 0.6) is 0 Å². The SMILES string of the molecule is CCN1CCN(c2nccc(N3CCN[C@@H]4CS(=O)(=O)C[C@@H]43)n2)CC1. The van der Waals surface area contributed by atoms with E-state index in [-0.39, 0.29) is 23.6 Å². The zero-order valence-electron chi connectivity index (χ0n) is 14.6. The Kier molecular flexibility index (Phi) is 4.55. The smallest absolute Gasteiger partial charge is 0.227 e. The van der Waals surface area contributed by atoms with Crippen molar-refractivity contribution in [2.24, 2.45) is 0 Å². The molecule has 4 heterocycles. The van der Waals surface area contributed by atoms with Gasteiger partial charge in [-0.3, -0.25) is 0 Å². The molecule has 1 N–H and O–H groups in total. The van der Waals surface area contributed by atoms with Crippen molar-refractivity contribution in [3.63, 3.8) is 0 Å². The van der Waals surface area contributed by atoms with Crippen molar-refractivity contribution in [3.8, 4) is 0 Å². The van der Waals surface area contributed by atoms with Gasteiger partial charge in [0.05, 0.1) is 17.5 Å². The van der Waals surface area contributed by atoms with Crippen molar-refractivity contribution in [1.82, 2.24) is 20.2 Å². The standard InChI is InChI=1S/C16H26N6O2S/c1-2-20-7-9-21(10-8-20)16-18-4-3-15(19-16)22-6-5-17-13-11-25(23,24)12-14(13)22/h3-4,13-14,17H,2,5-12H2,1H3/t13-,14+/m1/s1. The number of piperazine rings is 2. The highest BCUT2D eigenvalue weighted by atomic mass is 32.2. The second-order valence-electron chi connectivity index (χ2n) is 7.03. The van der Waals surface area contributed by atoms with Crippen molar-refractivity contribution in [2.75, 3.05) is 67.1 Å². The fourth-order valence-electron chi connectivity index (χ4n) is 4.07. The van der Waals surface area contributed by atoms with Crippen molar-refractivity contribution in [3.05, 3.63) is 12.3 Å². The molecule has 3 aliphatic heterocycles. The lowest BCUT2D eigenvalue weighted by Crippen LogP contribution is -2.57. The Labute approximate surface area is 149 Å². The molecule has 8 nitrogen and oxygen atoms in total. The number of rotatable bonds is 3. The van der Waals surface area contributed by atoms with Crippen molar-refractivity contribution in [2.45, 2.75) is 19.0 Å². The van der Waals surface area contributed by atoms with Gasteiger partial charge in [0, 0.05) is 51.5 Å². The van der Waals surface area contributed by atoms with Crippen LogP contribution in [0.4, 0.5) is 11.8 Å². The van der Waals surface area contributed by atoms with Crippen molar-refractivity contribution >= 4 is 21.6 Å². The van der Waals surface area contributed by atoms with E-state index in [0.717, 1.165) is 57.6 Å². The molecule has 0 saturated carbocycles. The Balaban J connectivity index is 1.53. The third-order valence-electron chi connectivity index (χ3n) is 5.51. The molecule has 0 aromatic carbocycles. The second-order valence-corrected chi connectivity index (χ2v) is 9.19. The molecular formula is C16H26N6O2S. The minimum atomic E-state index is -2.97. The van der Waals surface area contributed by atoms with Gasteiger partial charge in [0.2, 0.25) is 5.95 Å². The molecule has 3 fully saturated rings. The summed E-state index contributed by atoms with van der Waals surface area (Å²) in [6.07, 6.45) is 1.80. The summed E-state index contributed by atoms with van der Waals surface area (Å²) in [6.45, 7) is 8.73. The van der Waals surface area contributed by atoms with E-state index in [4.69, 9.17) is 4.98 Å². The van der Waals surface area contributed by atoms with E-state index in [2.05, 4.69) is 31.9 Å². The maximum atomic E-state index is 12.0. The van der Waals surface area contributed by atoms with E-state index in [0.29, 0.717) is 0 Å². The highest BCUT2D eigenvalue weighted by Gasteiger charge is 2.43. The van der Waals surface area contributed by atoms with Gasteiger partial charge in [-0.25, -0.2) is 13.4 Å². The summed E-state index contributed by atoms with van der Waals surface area (Å²) >= 11 is 0. The second kappa shape index (κ2) is 6.69. The molecule has 3 saturated heterocycles. The largest absolute Gasteiger partial charge is 0.350 e. The number of anilines is 2. The molecule has 0 spiro atoms. The lowest BCUT2D eigenvalue weighted by Gasteiger charge is -2.39. The van der Waals surface area contributed by atoms with E-state index < -0.39 is 9.84 Å². The van der Waals surface area contributed by atoms with Gasteiger partial charge in [-0.2, -0.15) is 4.98 Å². The predicted octanol–water partition coefficient (Wildman–Crippen LogP) is -0.806. The van der Waals surface area contributed by atoms with E-state index in [1.54, 1.807) is 6.20 Å². The molecule has 4 rings (SSSR count). The van der Waals surface area contributed by atoms with Crippen LogP contribution in [0.2, 0.25) is 0 Å². The first-order chi connectivity index (χ1) is 12.1. The van der Waals surface area contributed by atoms with Gasteiger partial charge in [0.15, 0.2) is 9.84 Å². The molecule has 138 valence electrons. The van der Waals surface area contributed by atoms with E-state index >= 15 is 0 Å². The van der Waals surface area contributed by atoms with Crippen LogP contribution in [0.3, 0.4) is 0 Å². The minimum absolute atomic E-state index is 0.00487. The number of likely N-dealkylation sites (N-methyl/N-ethyl adjacent to an activating group) is 1. The van der Waals surface area contributed by atoms with E-state index in [9.17, 15) is 8.42 Å². The summed E-state index contributed by atoms with van der Waals surface area (Å²) in [5.74, 6) is 2.03. The molecule has 0 bridgehead atoms. The zero-order valence-corrected chi connectivity index (χ0v) is 15.5. The lowest BCUT2D eigenvalue weighted by atomic mass is 10.1. The van der Waals surface area contributed by atoms with Crippen LogP contribution in [0, 0.1) is 0 Å². The number of hydrogen-bond acceptors (Lipinski definition) is 8. The zero-order chi connectivity index (χ0) is 17.4. The summed E-state index contributed by atoms with van der Waals surface area (Å²) in [4.78, 5) is 16.0. The van der Waals surface area contributed by atoms with Gasteiger partial charge in [-0.15, -0.1) is 0 Å². The fraction of sp³-hybridized carbons (Fsp3) is 0.750. The highest BCUT2D eigenvalue weighted by molar-refractivity contribution is 7.91. The van der Waals surface area contributed by atoms with Crippen LogP contribution in [0.25, 0.3) is 0 Å². The Morgan fingerprint density at radius 3 is 2.76 bits per heavy atom. The highest BCUT2D eigenvalue weighted by Crippen LogP contribution is 2.26. The van der Waals surface area contributed by atoms with Crippen LogP contribution >= 0.6 is 0 Å². The Bertz CT molecular complexity index is 719. The molecule has 0 radical (unpaired) electrons. The summed E-state index contributed by atoms with van der Waals surface area (Å²) in [5.41, 5.74) is 0. The molecular weight excluding hydrogens is 340 g/mol. The molecule has 2 atom stereocenters. The summed E-state index contributed by atoms with van der Waals surface area (Å²) in [7, 11) is -2.97. The van der Waals surface area contributed by atoms with Crippen LogP contribution in [0.1, 0.15) is 6.92 Å². The monoisotopic (exact) mass is 366 g/mol. The van der Waals surface area contributed by atoms with Crippen LogP contribution in [-0.2, 0) is 9.84 Å². The lowest BCUT2D eigenvalue weighted by molar-refractivity contribution is 0.270. The maximum absolute atomic E-state index is 12.0. The normalized spacial score (nSPS) is 29.6. The van der Waals surface area contributed by atoms with Gasteiger partial charge in [-0.1, -0.05) is 6.92 Å². The number of hydrogen-bond donors (Lipinski definition) is 1. The minimum Gasteiger partial charge on any atom is -0.350 e. The van der Waals surface area contributed by atoms with Crippen LogP contribution in [0.15, 0.2) is 12.3 Å². The summed E-state index contributed by atoms with van der Waals surface area (Å²) in [6, 6.07) is 1.88. The Morgan fingerprint density at radius 1 is 1.20 bits per heavy atom. The van der Waals surface area contributed by atoms with E-state index in [1.165, 1.54) is 0 Å². The van der Waals surface area contributed by atoms with Gasteiger partial charge >= 0.3 is 0 Å². The van der Waals surface area contributed by atoms with Crippen LogP contribution in [-0.4, -0.2) is 92.7 Å². The van der Waals surface area contributed by atoms with Crippen LogP contribution < -0.4 is 15.1 Å². The topological polar surface area (TPSA) is 81.7 Å². The fourth-order valence-corrected chi connectivity index (χ4v) is 6.02. The molecule has 1 aromatic heterocycles. The average Bonchev–Trinajstić information content (AvgIpc) is 2.95. The Hall–Kier alpha value is -1.45. The first-order valence-corrected chi connectivity index (χ1v) is 10.9. The van der Waals surface area contributed by atoms with Crippen molar-refractivity contribution in [1.29, 1.82) is 0 Å². The van der Waals surface area contributed by atoms with Gasteiger partial charge < -0.3 is 20.0 Å². The van der Waals surface area contributed by atoms with E-state index in [1.807, 2.05) is 6.07 Å². The quantitative estimate of drug-likeness (QED) is 0.744. The first kappa shape index (κ1) is 17.0. The summed E-state index contributed by atoms with van der Waals surface area (Å²) in [5, 5.41) is 3.35. The van der Waals surface area contributed by atoms with Gasteiger partial charge in [-0.05, 0) is 12.6 Å². The number of sulfone groups is 1. The first-order valence-electron chi connectivity index (χ1n) is 9.06. The summed E-state index contributed by atoms with van der Waals surface area (Å²) < 4.78 is 24.1.